The van der Waals surface area contributed by atoms with Gasteiger partial charge in [-0.15, -0.1) is 10.2 Å². The average molecular weight is 399 g/mol. The summed E-state index contributed by atoms with van der Waals surface area (Å²) >= 11 is 2.92. The highest BCUT2D eigenvalue weighted by atomic mass is 32.2. The van der Waals surface area contributed by atoms with E-state index in [0.29, 0.717) is 18.8 Å². The number of amides is 1. The Hall–Kier alpha value is -2.38. The van der Waals surface area contributed by atoms with Gasteiger partial charge in [-0.25, -0.2) is 0 Å². The van der Waals surface area contributed by atoms with E-state index in [-0.39, 0.29) is 5.91 Å². The van der Waals surface area contributed by atoms with Gasteiger partial charge in [0.25, 0.3) is 0 Å². The minimum atomic E-state index is 0.0907. The van der Waals surface area contributed by atoms with Crippen LogP contribution < -0.4 is 5.32 Å². The molecule has 5 nitrogen and oxygen atoms in total. The van der Waals surface area contributed by atoms with Crippen molar-refractivity contribution in [3.05, 3.63) is 71.8 Å². The molecule has 1 heterocycles. The van der Waals surface area contributed by atoms with Crippen molar-refractivity contribution in [1.82, 2.24) is 15.1 Å². The van der Waals surface area contributed by atoms with Gasteiger partial charge in [0.1, 0.15) is 0 Å². The topological polar surface area (TPSA) is 58.1 Å². The summed E-state index contributed by atoms with van der Waals surface area (Å²) in [4.78, 5) is 14.8. The molecule has 2 aromatic carbocycles. The normalized spacial score (nSPS) is 10.6. The van der Waals surface area contributed by atoms with E-state index in [9.17, 15) is 4.79 Å². The van der Waals surface area contributed by atoms with Gasteiger partial charge in [0.15, 0.2) is 4.34 Å². The van der Waals surface area contributed by atoms with Gasteiger partial charge in [0, 0.05) is 19.6 Å². The van der Waals surface area contributed by atoms with E-state index in [1.807, 2.05) is 72.5 Å². The second kappa shape index (κ2) is 10.1. The Labute approximate surface area is 167 Å². The number of rotatable bonds is 9. The van der Waals surface area contributed by atoms with Gasteiger partial charge < -0.3 is 10.2 Å². The first-order valence-corrected chi connectivity index (χ1v) is 10.6. The maximum atomic E-state index is 12.9. The van der Waals surface area contributed by atoms with Crippen LogP contribution in [-0.4, -0.2) is 33.3 Å². The lowest BCUT2D eigenvalue weighted by molar-refractivity contribution is -0.129. The molecule has 0 aliphatic rings. The number of anilines is 1. The van der Waals surface area contributed by atoms with E-state index in [1.54, 1.807) is 0 Å². The molecule has 0 spiro atoms. The molecule has 0 fully saturated rings. The van der Waals surface area contributed by atoms with Gasteiger partial charge in [-0.1, -0.05) is 83.8 Å². The van der Waals surface area contributed by atoms with Crippen molar-refractivity contribution < 1.29 is 4.79 Å². The molecule has 0 aliphatic heterocycles. The van der Waals surface area contributed by atoms with Gasteiger partial charge in [0.05, 0.1) is 5.75 Å². The molecule has 3 rings (SSSR count). The monoisotopic (exact) mass is 398 g/mol. The Bertz CT molecular complexity index is 798. The molecule has 1 amide bonds. The van der Waals surface area contributed by atoms with Crippen LogP contribution in [0.3, 0.4) is 0 Å². The van der Waals surface area contributed by atoms with Crippen LogP contribution in [0.2, 0.25) is 0 Å². The molecule has 0 aliphatic carbocycles. The lowest BCUT2D eigenvalue weighted by Gasteiger charge is -2.23. The van der Waals surface area contributed by atoms with Gasteiger partial charge in [-0.05, 0) is 18.1 Å². The summed E-state index contributed by atoms with van der Waals surface area (Å²) in [5.41, 5.74) is 2.24. The van der Waals surface area contributed by atoms with Crippen molar-refractivity contribution in [2.45, 2.75) is 24.4 Å². The van der Waals surface area contributed by atoms with Gasteiger partial charge >= 0.3 is 0 Å². The summed E-state index contributed by atoms with van der Waals surface area (Å²) in [6.07, 6.45) is 0. The lowest BCUT2D eigenvalue weighted by Crippen LogP contribution is -2.31. The number of hydrogen-bond donors (Lipinski definition) is 1. The van der Waals surface area contributed by atoms with Crippen LogP contribution in [0.4, 0.5) is 5.13 Å². The number of carbonyl (C=O) groups excluding carboxylic acids is 1. The fourth-order valence-corrected chi connectivity index (χ4v) is 4.27. The van der Waals surface area contributed by atoms with Crippen molar-refractivity contribution in [3.8, 4) is 0 Å². The van der Waals surface area contributed by atoms with Crippen LogP contribution >= 0.6 is 23.1 Å². The molecule has 0 atom stereocenters. The predicted octanol–water partition coefficient (Wildman–Crippen LogP) is 4.29. The Morgan fingerprint density at radius 1 is 1.00 bits per heavy atom. The molecule has 7 heteroatoms. The molecule has 3 aromatic rings. The number of benzene rings is 2. The summed E-state index contributed by atoms with van der Waals surface area (Å²) in [5, 5.41) is 12.1. The second-order valence-electron chi connectivity index (χ2n) is 5.91. The highest BCUT2D eigenvalue weighted by Gasteiger charge is 2.16. The molecule has 0 bridgehead atoms. The fraction of sp³-hybridized carbons (Fsp3) is 0.250. The summed E-state index contributed by atoms with van der Waals surface area (Å²) in [6.45, 7) is 4.00. The predicted molar refractivity (Wildman–Crippen MR) is 112 cm³/mol. The molecule has 140 valence electrons. The Morgan fingerprint density at radius 2 is 1.59 bits per heavy atom. The van der Waals surface area contributed by atoms with Crippen LogP contribution in [0.15, 0.2) is 65.0 Å². The van der Waals surface area contributed by atoms with Crippen molar-refractivity contribution in [2.24, 2.45) is 0 Å². The van der Waals surface area contributed by atoms with Crippen molar-refractivity contribution in [3.63, 3.8) is 0 Å². The summed E-state index contributed by atoms with van der Waals surface area (Å²) in [6, 6.07) is 20.2. The van der Waals surface area contributed by atoms with Crippen molar-refractivity contribution >= 4 is 34.1 Å². The molecule has 0 saturated carbocycles. The first kappa shape index (κ1) is 19.4. The standard InChI is InChI=1S/C20H22N4OS2/c1-2-21-19-22-23-20(27-19)26-15-18(25)24(13-16-9-5-3-6-10-16)14-17-11-7-4-8-12-17/h3-12H,2,13-15H2,1H3,(H,21,22). The number of thioether (sulfide) groups is 1. The third-order valence-electron chi connectivity index (χ3n) is 3.84. The van der Waals surface area contributed by atoms with E-state index in [2.05, 4.69) is 15.5 Å². The van der Waals surface area contributed by atoms with E-state index in [1.165, 1.54) is 23.1 Å². The van der Waals surface area contributed by atoms with Gasteiger partial charge in [-0.2, -0.15) is 0 Å². The summed E-state index contributed by atoms with van der Waals surface area (Å²) in [5.74, 6) is 0.438. The third kappa shape index (κ3) is 6.08. The molecule has 0 radical (unpaired) electrons. The van der Waals surface area contributed by atoms with Crippen molar-refractivity contribution in [2.75, 3.05) is 17.6 Å². The zero-order valence-corrected chi connectivity index (χ0v) is 16.8. The summed E-state index contributed by atoms with van der Waals surface area (Å²) in [7, 11) is 0. The van der Waals surface area contributed by atoms with Crippen molar-refractivity contribution in [1.29, 1.82) is 0 Å². The fourth-order valence-electron chi connectivity index (χ4n) is 2.55. The number of aromatic nitrogens is 2. The average Bonchev–Trinajstić information content (AvgIpc) is 3.15. The molecular weight excluding hydrogens is 376 g/mol. The largest absolute Gasteiger partial charge is 0.360 e. The van der Waals surface area contributed by atoms with E-state index in [0.717, 1.165) is 27.1 Å². The molecular formula is C20H22N4OS2. The third-order valence-corrected chi connectivity index (χ3v) is 5.84. The number of carbonyl (C=O) groups is 1. The zero-order chi connectivity index (χ0) is 18.9. The maximum absolute atomic E-state index is 12.9. The SMILES string of the molecule is CCNc1nnc(SCC(=O)N(Cc2ccccc2)Cc2ccccc2)s1. The van der Waals surface area contributed by atoms with Gasteiger partial charge in [0.2, 0.25) is 11.0 Å². The quantitative estimate of drug-likeness (QED) is 0.545. The van der Waals surface area contributed by atoms with Crippen LogP contribution in [0.25, 0.3) is 0 Å². The number of nitrogens with zero attached hydrogens (tertiary/aromatic N) is 3. The highest BCUT2D eigenvalue weighted by molar-refractivity contribution is 8.01. The smallest absolute Gasteiger partial charge is 0.233 e. The van der Waals surface area contributed by atoms with E-state index >= 15 is 0 Å². The van der Waals surface area contributed by atoms with Crippen LogP contribution in [0.5, 0.6) is 0 Å². The lowest BCUT2D eigenvalue weighted by atomic mass is 10.1. The Kier molecular flexibility index (Phi) is 7.24. The van der Waals surface area contributed by atoms with Crippen LogP contribution in [0.1, 0.15) is 18.1 Å². The number of nitrogens with one attached hydrogen (secondary N) is 1. The molecule has 27 heavy (non-hydrogen) atoms. The van der Waals surface area contributed by atoms with Crippen LogP contribution in [-0.2, 0) is 17.9 Å². The number of hydrogen-bond acceptors (Lipinski definition) is 6. The first-order chi connectivity index (χ1) is 13.2. The minimum Gasteiger partial charge on any atom is -0.360 e. The highest BCUT2D eigenvalue weighted by Crippen LogP contribution is 2.26. The minimum absolute atomic E-state index is 0.0907. The zero-order valence-electron chi connectivity index (χ0n) is 15.2. The molecule has 1 aromatic heterocycles. The first-order valence-electron chi connectivity index (χ1n) is 8.80. The van der Waals surface area contributed by atoms with E-state index in [4.69, 9.17) is 0 Å². The Balaban J connectivity index is 1.65. The summed E-state index contributed by atoms with van der Waals surface area (Å²) < 4.78 is 0.804. The molecule has 0 unspecified atom stereocenters. The van der Waals surface area contributed by atoms with Gasteiger partial charge in [-0.3, -0.25) is 4.79 Å². The Morgan fingerprint density at radius 3 is 2.15 bits per heavy atom. The van der Waals surface area contributed by atoms with E-state index < -0.39 is 0 Å². The van der Waals surface area contributed by atoms with Crippen LogP contribution in [0, 0.1) is 0 Å². The second-order valence-corrected chi connectivity index (χ2v) is 8.11. The molecule has 1 N–H and O–H groups in total. The maximum Gasteiger partial charge on any atom is 0.233 e. The molecule has 0 saturated heterocycles.